The Kier molecular flexibility index (Phi) is 11.7. The summed E-state index contributed by atoms with van der Waals surface area (Å²) in [4.78, 5) is 11.7. The second kappa shape index (κ2) is 11.8. The summed E-state index contributed by atoms with van der Waals surface area (Å²) < 4.78 is 0. The molecular formula is C14H30N2OS. The van der Waals surface area contributed by atoms with Crippen molar-refractivity contribution in [3.8, 4) is 0 Å². The van der Waals surface area contributed by atoms with E-state index in [9.17, 15) is 4.79 Å². The highest BCUT2D eigenvalue weighted by molar-refractivity contribution is 7.99. The van der Waals surface area contributed by atoms with Gasteiger partial charge in [0, 0.05) is 18.2 Å². The molecule has 18 heavy (non-hydrogen) atoms. The number of nitrogens with one attached hydrogen (secondary N) is 1. The molecule has 4 heteroatoms. The van der Waals surface area contributed by atoms with Crippen LogP contribution in [-0.2, 0) is 4.79 Å². The minimum atomic E-state index is 0.196. The number of carbonyl (C=O) groups is 1. The zero-order valence-corrected chi connectivity index (χ0v) is 13.0. The van der Waals surface area contributed by atoms with Gasteiger partial charge >= 0.3 is 0 Å². The van der Waals surface area contributed by atoms with E-state index in [1.54, 1.807) is 0 Å². The molecule has 3 nitrogen and oxygen atoms in total. The third kappa shape index (κ3) is 9.77. The molecule has 0 fully saturated rings. The maximum atomic E-state index is 11.7. The van der Waals surface area contributed by atoms with E-state index in [1.165, 1.54) is 12.8 Å². The van der Waals surface area contributed by atoms with Crippen LogP contribution in [0.3, 0.4) is 0 Å². The van der Waals surface area contributed by atoms with Crippen LogP contribution in [0.4, 0.5) is 0 Å². The molecule has 0 saturated carbocycles. The molecule has 1 amide bonds. The van der Waals surface area contributed by atoms with Gasteiger partial charge in [0.15, 0.2) is 0 Å². The van der Waals surface area contributed by atoms with Crippen molar-refractivity contribution in [1.29, 1.82) is 0 Å². The van der Waals surface area contributed by atoms with Crippen LogP contribution in [0.1, 0.15) is 52.4 Å². The highest BCUT2D eigenvalue weighted by Crippen LogP contribution is 2.16. The summed E-state index contributed by atoms with van der Waals surface area (Å²) in [7, 11) is 0. The average Bonchev–Trinajstić information content (AvgIpc) is 2.36. The van der Waals surface area contributed by atoms with E-state index in [2.05, 4.69) is 25.4 Å². The van der Waals surface area contributed by atoms with E-state index in [0.29, 0.717) is 17.6 Å². The molecule has 0 aliphatic rings. The van der Waals surface area contributed by atoms with Crippen molar-refractivity contribution in [3.63, 3.8) is 0 Å². The van der Waals surface area contributed by atoms with Crippen LogP contribution >= 0.6 is 11.8 Å². The first-order valence-corrected chi connectivity index (χ1v) is 8.42. The molecule has 0 aliphatic carbocycles. The lowest BCUT2D eigenvalue weighted by atomic mass is 9.94. The first kappa shape index (κ1) is 17.8. The largest absolute Gasteiger partial charge is 0.356 e. The topological polar surface area (TPSA) is 55.1 Å². The minimum Gasteiger partial charge on any atom is -0.356 e. The monoisotopic (exact) mass is 274 g/mol. The molecule has 3 N–H and O–H groups in total. The van der Waals surface area contributed by atoms with E-state index >= 15 is 0 Å². The number of hydrogen-bond donors (Lipinski definition) is 2. The highest BCUT2D eigenvalue weighted by Gasteiger charge is 2.10. The van der Waals surface area contributed by atoms with Crippen LogP contribution < -0.4 is 11.1 Å². The smallest absolute Gasteiger partial charge is 0.220 e. The Balaban J connectivity index is 3.66. The maximum Gasteiger partial charge on any atom is 0.220 e. The predicted octanol–water partition coefficient (Wildman–Crippen LogP) is 2.79. The zero-order chi connectivity index (χ0) is 13.8. The quantitative estimate of drug-likeness (QED) is 0.609. The number of hydrogen-bond acceptors (Lipinski definition) is 3. The third-order valence-electron chi connectivity index (χ3n) is 3.33. The van der Waals surface area contributed by atoms with Crippen molar-refractivity contribution >= 4 is 17.7 Å². The van der Waals surface area contributed by atoms with E-state index in [1.807, 2.05) is 11.8 Å². The molecule has 108 valence electrons. The van der Waals surface area contributed by atoms with Gasteiger partial charge in [0.2, 0.25) is 5.91 Å². The summed E-state index contributed by atoms with van der Waals surface area (Å²) in [5.74, 6) is 0.817. The van der Waals surface area contributed by atoms with Crippen molar-refractivity contribution in [1.82, 2.24) is 5.32 Å². The first-order chi connectivity index (χ1) is 8.63. The molecular weight excluding hydrogens is 244 g/mol. The van der Waals surface area contributed by atoms with Crippen molar-refractivity contribution < 1.29 is 4.79 Å². The van der Waals surface area contributed by atoms with Crippen molar-refractivity contribution in [3.05, 3.63) is 0 Å². The van der Waals surface area contributed by atoms with E-state index in [0.717, 1.165) is 32.4 Å². The highest BCUT2D eigenvalue weighted by atomic mass is 32.2. The second-order valence-corrected chi connectivity index (χ2v) is 6.23. The second-order valence-electron chi connectivity index (χ2n) is 4.96. The Morgan fingerprint density at radius 2 is 2.00 bits per heavy atom. The molecule has 0 saturated heterocycles. The molecule has 0 rings (SSSR count). The Morgan fingerprint density at radius 1 is 1.28 bits per heavy atom. The number of rotatable bonds is 11. The molecule has 0 aromatic carbocycles. The van der Waals surface area contributed by atoms with Gasteiger partial charge in [-0.05, 0) is 38.0 Å². The predicted molar refractivity (Wildman–Crippen MR) is 81.9 cm³/mol. The standard InChI is InChI=1S/C14H30N2OS/c1-4-5-13(8-10-15)6-7-14(17)16-11-9-12(2)18-3/h12-13H,4-11,15H2,1-3H3,(H,16,17). The summed E-state index contributed by atoms with van der Waals surface area (Å²) in [6, 6.07) is 0. The molecule has 0 heterocycles. The van der Waals surface area contributed by atoms with Gasteiger partial charge in [-0.15, -0.1) is 0 Å². The van der Waals surface area contributed by atoms with Gasteiger partial charge in [0.05, 0.1) is 0 Å². The summed E-state index contributed by atoms with van der Waals surface area (Å²) in [5.41, 5.74) is 5.59. The summed E-state index contributed by atoms with van der Waals surface area (Å²) >= 11 is 1.84. The fourth-order valence-electron chi connectivity index (χ4n) is 2.03. The van der Waals surface area contributed by atoms with Crippen molar-refractivity contribution in [2.75, 3.05) is 19.3 Å². The number of thioether (sulfide) groups is 1. The van der Waals surface area contributed by atoms with Crippen molar-refractivity contribution in [2.45, 2.75) is 57.6 Å². The van der Waals surface area contributed by atoms with E-state index < -0.39 is 0 Å². The lowest BCUT2D eigenvalue weighted by Crippen LogP contribution is -2.26. The van der Waals surface area contributed by atoms with Gasteiger partial charge < -0.3 is 11.1 Å². The van der Waals surface area contributed by atoms with Crippen LogP contribution in [0.15, 0.2) is 0 Å². The van der Waals surface area contributed by atoms with E-state index in [4.69, 9.17) is 5.73 Å². The van der Waals surface area contributed by atoms with Gasteiger partial charge in [0.1, 0.15) is 0 Å². The Bertz CT molecular complexity index is 206. The molecule has 0 aromatic heterocycles. The lowest BCUT2D eigenvalue weighted by Gasteiger charge is -2.15. The first-order valence-electron chi connectivity index (χ1n) is 7.13. The number of carbonyl (C=O) groups excluding carboxylic acids is 1. The summed E-state index contributed by atoms with van der Waals surface area (Å²) in [6.07, 6.45) is 8.20. The molecule has 2 atom stereocenters. The normalized spacial score (nSPS) is 14.2. The number of nitrogens with two attached hydrogens (primary N) is 1. The molecule has 0 spiro atoms. The van der Waals surface area contributed by atoms with Crippen LogP contribution in [0, 0.1) is 5.92 Å². The Hall–Kier alpha value is -0.220. The number of amides is 1. The Morgan fingerprint density at radius 3 is 2.56 bits per heavy atom. The average molecular weight is 274 g/mol. The van der Waals surface area contributed by atoms with Crippen LogP contribution in [-0.4, -0.2) is 30.5 Å². The maximum absolute atomic E-state index is 11.7. The molecule has 2 unspecified atom stereocenters. The SMILES string of the molecule is CCCC(CCN)CCC(=O)NCCC(C)SC. The molecule has 0 aromatic rings. The van der Waals surface area contributed by atoms with Gasteiger partial charge in [-0.1, -0.05) is 26.7 Å². The fraction of sp³-hybridized carbons (Fsp3) is 0.929. The van der Waals surface area contributed by atoms with Gasteiger partial charge in [0.25, 0.3) is 0 Å². The van der Waals surface area contributed by atoms with Crippen LogP contribution in [0.25, 0.3) is 0 Å². The minimum absolute atomic E-state index is 0.196. The molecule has 0 bridgehead atoms. The molecule has 0 radical (unpaired) electrons. The van der Waals surface area contributed by atoms with Gasteiger partial charge in [-0.2, -0.15) is 11.8 Å². The summed E-state index contributed by atoms with van der Waals surface area (Å²) in [6.45, 7) is 5.91. The van der Waals surface area contributed by atoms with Gasteiger partial charge in [-0.25, -0.2) is 0 Å². The summed E-state index contributed by atoms with van der Waals surface area (Å²) in [5, 5.41) is 3.62. The van der Waals surface area contributed by atoms with Crippen LogP contribution in [0.5, 0.6) is 0 Å². The van der Waals surface area contributed by atoms with Gasteiger partial charge in [-0.3, -0.25) is 4.79 Å². The Labute approximate surface area is 117 Å². The fourth-order valence-corrected chi connectivity index (χ4v) is 2.39. The lowest BCUT2D eigenvalue weighted by molar-refractivity contribution is -0.121. The third-order valence-corrected chi connectivity index (χ3v) is 4.37. The molecule has 0 aliphatic heterocycles. The van der Waals surface area contributed by atoms with Crippen LogP contribution in [0.2, 0.25) is 0 Å². The van der Waals surface area contributed by atoms with E-state index in [-0.39, 0.29) is 5.91 Å². The zero-order valence-electron chi connectivity index (χ0n) is 12.2. The van der Waals surface area contributed by atoms with Crippen molar-refractivity contribution in [2.24, 2.45) is 11.7 Å².